The molecular formula is C12H7ClN2O5. The van der Waals surface area contributed by atoms with Gasteiger partial charge in [-0.25, -0.2) is 9.78 Å². The molecule has 2 rings (SSSR count). The molecule has 0 unspecified atom stereocenters. The second-order valence-corrected chi connectivity index (χ2v) is 4.02. The van der Waals surface area contributed by atoms with Crippen LogP contribution < -0.4 is 4.74 Å². The lowest BCUT2D eigenvalue weighted by Crippen LogP contribution is -2.01. The molecule has 1 aromatic heterocycles. The molecule has 102 valence electrons. The molecule has 1 heterocycles. The van der Waals surface area contributed by atoms with Crippen molar-refractivity contribution in [1.82, 2.24) is 4.98 Å². The molecule has 0 saturated carbocycles. The van der Waals surface area contributed by atoms with Gasteiger partial charge in [0.25, 0.3) is 0 Å². The Kier molecular flexibility index (Phi) is 3.81. The molecule has 0 aliphatic rings. The number of halogens is 1. The molecule has 7 nitrogen and oxygen atoms in total. The summed E-state index contributed by atoms with van der Waals surface area (Å²) >= 11 is 5.85. The number of carbonyl (C=O) groups is 1. The number of hydrogen-bond acceptors (Lipinski definition) is 5. The fraction of sp³-hybridized carbons (Fsp3) is 0. The van der Waals surface area contributed by atoms with Gasteiger partial charge < -0.3 is 9.84 Å². The summed E-state index contributed by atoms with van der Waals surface area (Å²) < 4.78 is 5.24. The second-order valence-electron chi connectivity index (χ2n) is 3.61. The molecule has 2 aromatic rings. The summed E-state index contributed by atoms with van der Waals surface area (Å²) in [4.78, 5) is 24.7. The number of hydrogen-bond donors (Lipinski definition) is 1. The number of carboxylic acid groups (broad SMARTS) is 1. The quantitative estimate of drug-likeness (QED) is 0.686. The number of carboxylic acids is 1. The summed E-state index contributed by atoms with van der Waals surface area (Å²) in [5.41, 5.74) is -0.572. The van der Waals surface area contributed by atoms with Crippen molar-refractivity contribution in [3.63, 3.8) is 0 Å². The summed E-state index contributed by atoms with van der Waals surface area (Å²) in [5.74, 6) is -1.51. The zero-order valence-electron chi connectivity index (χ0n) is 9.82. The molecule has 8 heteroatoms. The van der Waals surface area contributed by atoms with Gasteiger partial charge in [-0.2, -0.15) is 0 Å². The highest BCUT2D eigenvalue weighted by molar-refractivity contribution is 6.32. The first kappa shape index (κ1) is 13.8. The number of nitrogens with zero attached hydrogens (tertiary/aromatic N) is 2. The minimum atomic E-state index is -1.23. The van der Waals surface area contributed by atoms with Crippen LogP contribution in [0.1, 0.15) is 10.5 Å². The van der Waals surface area contributed by atoms with Gasteiger partial charge >= 0.3 is 11.7 Å². The van der Waals surface area contributed by atoms with Crippen LogP contribution in [-0.4, -0.2) is 21.0 Å². The molecule has 0 radical (unpaired) electrons. The SMILES string of the molecule is O=C(O)c1cccc(Oc2c(Cl)cccc2[N+](=O)[O-])n1. The second kappa shape index (κ2) is 5.54. The first-order valence-electron chi connectivity index (χ1n) is 5.30. The number of benzene rings is 1. The van der Waals surface area contributed by atoms with Crippen molar-refractivity contribution in [2.24, 2.45) is 0 Å². The van der Waals surface area contributed by atoms with Crippen molar-refractivity contribution in [1.29, 1.82) is 0 Å². The molecule has 0 saturated heterocycles. The van der Waals surface area contributed by atoms with Crippen molar-refractivity contribution < 1.29 is 19.6 Å². The standard InChI is InChI=1S/C12H7ClN2O5/c13-7-3-1-5-9(15(18)19)11(7)20-10-6-2-4-8(14-10)12(16)17/h1-6H,(H,16,17). The van der Waals surface area contributed by atoms with Gasteiger partial charge in [-0.1, -0.05) is 23.7 Å². The Morgan fingerprint density at radius 1 is 1.30 bits per heavy atom. The Labute approximate surface area is 117 Å². The molecule has 1 aromatic carbocycles. The van der Waals surface area contributed by atoms with Gasteiger partial charge in [0, 0.05) is 12.1 Å². The van der Waals surface area contributed by atoms with Gasteiger partial charge in [0.2, 0.25) is 11.6 Å². The molecule has 0 aliphatic heterocycles. The van der Waals surface area contributed by atoms with E-state index in [-0.39, 0.29) is 28.0 Å². The normalized spacial score (nSPS) is 10.1. The molecule has 0 spiro atoms. The summed E-state index contributed by atoms with van der Waals surface area (Å²) in [6, 6.07) is 8.12. The topological polar surface area (TPSA) is 103 Å². The van der Waals surface area contributed by atoms with Crippen LogP contribution in [0.4, 0.5) is 5.69 Å². The lowest BCUT2D eigenvalue weighted by Gasteiger charge is -2.07. The number of para-hydroxylation sites is 1. The Bertz CT molecular complexity index is 689. The van der Waals surface area contributed by atoms with Crippen molar-refractivity contribution >= 4 is 23.3 Å². The fourth-order valence-electron chi connectivity index (χ4n) is 1.44. The maximum absolute atomic E-state index is 10.9. The zero-order valence-corrected chi connectivity index (χ0v) is 10.6. The van der Waals surface area contributed by atoms with Crippen LogP contribution in [0.5, 0.6) is 11.6 Å². The minimum absolute atomic E-state index is 0.0294. The van der Waals surface area contributed by atoms with E-state index in [1.165, 1.54) is 36.4 Å². The van der Waals surface area contributed by atoms with Crippen LogP contribution in [0.3, 0.4) is 0 Å². The van der Waals surface area contributed by atoms with Crippen LogP contribution in [-0.2, 0) is 0 Å². The molecule has 0 amide bonds. The Morgan fingerprint density at radius 3 is 2.65 bits per heavy atom. The third-order valence-electron chi connectivity index (χ3n) is 2.29. The number of aromatic carboxylic acids is 1. The van der Waals surface area contributed by atoms with E-state index >= 15 is 0 Å². The maximum Gasteiger partial charge on any atom is 0.354 e. The number of aromatic nitrogens is 1. The number of nitro groups is 1. The zero-order chi connectivity index (χ0) is 14.7. The third-order valence-corrected chi connectivity index (χ3v) is 2.59. The monoisotopic (exact) mass is 294 g/mol. The lowest BCUT2D eigenvalue weighted by atomic mass is 10.3. The Balaban J connectivity index is 2.42. The number of nitro benzene ring substituents is 1. The van der Waals surface area contributed by atoms with Crippen LogP contribution in [0.2, 0.25) is 5.02 Å². The smallest absolute Gasteiger partial charge is 0.354 e. The van der Waals surface area contributed by atoms with Crippen molar-refractivity contribution in [3.8, 4) is 11.6 Å². The van der Waals surface area contributed by atoms with Crippen LogP contribution in [0.15, 0.2) is 36.4 Å². The van der Waals surface area contributed by atoms with Crippen molar-refractivity contribution in [2.75, 3.05) is 0 Å². The highest BCUT2D eigenvalue weighted by Crippen LogP contribution is 2.37. The maximum atomic E-state index is 10.9. The van der Waals surface area contributed by atoms with E-state index in [0.717, 1.165) is 0 Å². The average Bonchev–Trinajstić information content (AvgIpc) is 2.41. The lowest BCUT2D eigenvalue weighted by molar-refractivity contribution is -0.385. The number of ether oxygens (including phenoxy) is 1. The third kappa shape index (κ3) is 2.83. The van der Waals surface area contributed by atoms with Crippen molar-refractivity contribution in [3.05, 3.63) is 57.2 Å². The molecule has 0 bridgehead atoms. The minimum Gasteiger partial charge on any atom is -0.477 e. The van der Waals surface area contributed by atoms with Gasteiger partial charge in [-0.05, 0) is 12.1 Å². The average molecular weight is 295 g/mol. The van der Waals surface area contributed by atoms with Crippen LogP contribution in [0, 0.1) is 10.1 Å². The Morgan fingerprint density at radius 2 is 2.00 bits per heavy atom. The number of pyridine rings is 1. The first-order valence-corrected chi connectivity index (χ1v) is 5.68. The predicted octanol–water partition coefficient (Wildman–Crippen LogP) is 3.13. The van der Waals surface area contributed by atoms with Crippen LogP contribution in [0.25, 0.3) is 0 Å². The molecular weight excluding hydrogens is 288 g/mol. The van der Waals surface area contributed by atoms with Gasteiger partial charge in [-0.3, -0.25) is 10.1 Å². The summed E-state index contributed by atoms with van der Waals surface area (Å²) in [5, 5.41) is 19.7. The summed E-state index contributed by atoms with van der Waals surface area (Å²) in [6.45, 7) is 0. The largest absolute Gasteiger partial charge is 0.477 e. The van der Waals surface area contributed by atoms with E-state index in [9.17, 15) is 14.9 Å². The summed E-state index contributed by atoms with van der Waals surface area (Å²) in [7, 11) is 0. The number of rotatable bonds is 4. The Hall–Kier alpha value is -2.67. The molecule has 20 heavy (non-hydrogen) atoms. The predicted molar refractivity (Wildman–Crippen MR) is 69.4 cm³/mol. The van der Waals surface area contributed by atoms with Crippen LogP contribution >= 0.6 is 11.6 Å². The van der Waals surface area contributed by atoms with E-state index < -0.39 is 10.9 Å². The van der Waals surface area contributed by atoms with E-state index in [2.05, 4.69) is 4.98 Å². The van der Waals surface area contributed by atoms with E-state index in [4.69, 9.17) is 21.4 Å². The molecule has 1 N–H and O–H groups in total. The van der Waals surface area contributed by atoms with Gasteiger partial charge in [0.05, 0.1) is 9.95 Å². The van der Waals surface area contributed by atoms with Gasteiger partial charge in [-0.15, -0.1) is 0 Å². The van der Waals surface area contributed by atoms with Crippen molar-refractivity contribution in [2.45, 2.75) is 0 Å². The highest BCUT2D eigenvalue weighted by atomic mass is 35.5. The summed E-state index contributed by atoms with van der Waals surface area (Å²) in [6.07, 6.45) is 0. The molecule has 0 atom stereocenters. The van der Waals surface area contributed by atoms with E-state index in [0.29, 0.717) is 0 Å². The van der Waals surface area contributed by atoms with E-state index in [1.54, 1.807) is 0 Å². The van der Waals surface area contributed by atoms with E-state index in [1.807, 2.05) is 0 Å². The van der Waals surface area contributed by atoms with Gasteiger partial charge in [0.1, 0.15) is 0 Å². The molecule has 0 aliphatic carbocycles. The molecule has 0 fully saturated rings. The fourth-order valence-corrected chi connectivity index (χ4v) is 1.65. The first-order chi connectivity index (χ1) is 9.49. The highest BCUT2D eigenvalue weighted by Gasteiger charge is 2.19. The van der Waals surface area contributed by atoms with Gasteiger partial charge in [0.15, 0.2) is 5.69 Å².